The van der Waals surface area contributed by atoms with Crippen molar-refractivity contribution in [3.63, 3.8) is 0 Å². The molecule has 172 valence electrons. The molecule has 0 aliphatic heterocycles. The van der Waals surface area contributed by atoms with Gasteiger partial charge in [-0.05, 0) is 52.0 Å². The smallest absolute Gasteiger partial charge is 0.280 e. The maximum absolute atomic E-state index is 5.90. The molecule has 0 amide bonds. The molecule has 0 N–H and O–H groups in total. The minimum atomic E-state index is 0.294. The predicted octanol–water partition coefficient (Wildman–Crippen LogP) is 5.02. The summed E-state index contributed by atoms with van der Waals surface area (Å²) in [4.78, 5) is 9.21. The van der Waals surface area contributed by atoms with Crippen molar-refractivity contribution in [2.24, 2.45) is 0 Å². The molecule has 2 aromatic carbocycles. The van der Waals surface area contributed by atoms with Crippen LogP contribution in [-0.4, -0.2) is 36.7 Å². The molecule has 5 rings (SSSR count). The zero-order valence-electron chi connectivity index (χ0n) is 19.4. The molecule has 0 saturated carbocycles. The molecule has 5 aromatic rings. The van der Waals surface area contributed by atoms with Gasteiger partial charge in [-0.25, -0.2) is 9.67 Å². The SMILES string of the molecule is CCOc1ccccc1-c1noc(-c2nnn(Cc3nc(-c4ccc(C)cc4)oc3C)c2C)n1. The van der Waals surface area contributed by atoms with Crippen LogP contribution in [0.15, 0.2) is 57.5 Å². The fourth-order valence-electron chi connectivity index (χ4n) is 3.61. The van der Waals surface area contributed by atoms with Crippen LogP contribution in [0.3, 0.4) is 0 Å². The lowest BCUT2D eigenvalue weighted by Gasteiger charge is -2.05. The highest BCUT2D eigenvalue weighted by molar-refractivity contribution is 5.65. The average molecular weight is 457 g/mol. The lowest BCUT2D eigenvalue weighted by molar-refractivity contribution is 0.341. The molecule has 34 heavy (non-hydrogen) atoms. The van der Waals surface area contributed by atoms with Crippen molar-refractivity contribution in [1.29, 1.82) is 0 Å². The molecule has 3 heterocycles. The maximum atomic E-state index is 5.90. The standard InChI is InChI=1S/C25H24N6O3/c1-5-32-21-9-7-6-8-19(21)23-27-25(34-29-23)22-16(3)31(30-28-22)14-20-17(4)33-24(26-20)18-12-10-15(2)11-13-18/h6-13H,5,14H2,1-4H3. The third-order valence-electron chi connectivity index (χ3n) is 5.53. The van der Waals surface area contributed by atoms with Gasteiger partial charge in [-0.1, -0.05) is 40.2 Å². The number of hydrogen-bond acceptors (Lipinski definition) is 8. The second-order valence-electron chi connectivity index (χ2n) is 7.92. The van der Waals surface area contributed by atoms with Crippen LogP contribution in [0.1, 0.15) is 29.6 Å². The van der Waals surface area contributed by atoms with Crippen molar-refractivity contribution in [3.05, 3.63) is 71.2 Å². The summed E-state index contributed by atoms with van der Waals surface area (Å²) in [7, 11) is 0. The molecule has 9 nitrogen and oxygen atoms in total. The number of rotatable bonds is 7. The van der Waals surface area contributed by atoms with Gasteiger partial charge in [0.2, 0.25) is 11.7 Å². The first-order chi connectivity index (χ1) is 16.5. The number of hydrogen-bond donors (Lipinski definition) is 0. The van der Waals surface area contributed by atoms with E-state index < -0.39 is 0 Å². The van der Waals surface area contributed by atoms with E-state index in [2.05, 4.69) is 25.4 Å². The second kappa shape index (κ2) is 8.93. The van der Waals surface area contributed by atoms with Gasteiger partial charge in [0.25, 0.3) is 5.89 Å². The van der Waals surface area contributed by atoms with Crippen LogP contribution < -0.4 is 4.74 Å². The van der Waals surface area contributed by atoms with Crippen molar-refractivity contribution in [1.82, 2.24) is 30.1 Å². The van der Waals surface area contributed by atoms with E-state index in [1.165, 1.54) is 5.56 Å². The summed E-state index contributed by atoms with van der Waals surface area (Å²) in [5, 5.41) is 12.7. The van der Waals surface area contributed by atoms with Crippen molar-refractivity contribution >= 4 is 0 Å². The van der Waals surface area contributed by atoms with E-state index in [0.717, 1.165) is 28.3 Å². The molecule has 0 unspecified atom stereocenters. The highest BCUT2D eigenvalue weighted by Gasteiger charge is 2.21. The Morgan fingerprint density at radius 2 is 1.74 bits per heavy atom. The number of aromatic nitrogens is 6. The molecular formula is C25H24N6O3. The van der Waals surface area contributed by atoms with Gasteiger partial charge in [0.1, 0.15) is 17.2 Å². The summed E-state index contributed by atoms with van der Waals surface area (Å²) >= 11 is 0. The summed E-state index contributed by atoms with van der Waals surface area (Å²) in [5.74, 6) is 2.74. The zero-order chi connectivity index (χ0) is 23.7. The first-order valence-corrected chi connectivity index (χ1v) is 11.0. The zero-order valence-corrected chi connectivity index (χ0v) is 19.4. The van der Waals surface area contributed by atoms with Crippen molar-refractivity contribution in [2.45, 2.75) is 34.2 Å². The third kappa shape index (κ3) is 4.07. The Kier molecular flexibility index (Phi) is 5.67. The Bertz CT molecular complexity index is 1430. The van der Waals surface area contributed by atoms with Gasteiger partial charge in [-0.15, -0.1) is 5.10 Å². The number of benzene rings is 2. The molecule has 3 aromatic heterocycles. The van der Waals surface area contributed by atoms with Crippen LogP contribution >= 0.6 is 0 Å². The lowest BCUT2D eigenvalue weighted by atomic mass is 10.1. The van der Waals surface area contributed by atoms with Gasteiger partial charge < -0.3 is 13.7 Å². The van der Waals surface area contributed by atoms with Crippen LogP contribution in [0.4, 0.5) is 0 Å². The Labute approximate surface area is 196 Å². The lowest BCUT2D eigenvalue weighted by Crippen LogP contribution is -2.05. The minimum absolute atomic E-state index is 0.294. The summed E-state index contributed by atoms with van der Waals surface area (Å²) in [6.45, 7) is 8.74. The van der Waals surface area contributed by atoms with E-state index >= 15 is 0 Å². The van der Waals surface area contributed by atoms with Gasteiger partial charge in [-0.3, -0.25) is 0 Å². The predicted molar refractivity (Wildman–Crippen MR) is 125 cm³/mol. The van der Waals surface area contributed by atoms with E-state index in [4.69, 9.17) is 13.7 Å². The second-order valence-corrected chi connectivity index (χ2v) is 7.92. The van der Waals surface area contributed by atoms with Gasteiger partial charge in [0, 0.05) is 5.56 Å². The van der Waals surface area contributed by atoms with Crippen LogP contribution in [0.25, 0.3) is 34.4 Å². The molecule has 0 aliphatic carbocycles. The number of ether oxygens (including phenoxy) is 1. The fourth-order valence-corrected chi connectivity index (χ4v) is 3.61. The van der Waals surface area contributed by atoms with E-state index in [-0.39, 0.29) is 0 Å². The monoisotopic (exact) mass is 456 g/mol. The number of nitrogens with zero attached hydrogens (tertiary/aromatic N) is 6. The summed E-state index contributed by atoms with van der Waals surface area (Å²) < 4.78 is 18.8. The quantitative estimate of drug-likeness (QED) is 0.336. The van der Waals surface area contributed by atoms with E-state index in [1.54, 1.807) is 4.68 Å². The van der Waals surface area contributed by atoms with Crippen LogP contribution in [-0.2, 0) is 6.54 Å². The van der Waals surface area contributed by atoms with E-state index in [1.807, 2.05) is 76.2 Å². The average Bonchev–Trinajstić information content (AvgIpc) is 3.55. The Morgan fingerprint density at radius 3 is 2.53 bits per heavy atom. The maximum Gasteiger partial charge on any atom is 0.280 e. The first-order valence-electron chi connectivity index (χ1n) is 11.0. The Morgan fingerprint density at radius 1 is 0.941 bits per heavy atom. The third-order valence-corrected chi connectivity index (χ3v) is 5.53. The molecular weight excluding hydrogens is 432 g/mol. The van der Waals surface area contributed by atoms with E-state index in [9.17, 15) is 0 Å². The Hall–Kier alpha value is -4.27. The molecule has 0 fully saturated rings. The van der Waals surface area contributed by atoms with E-state index in [0.29, 0.717) is 42.2 Å². The van der Waals surface area contributed by atoms with Gasteiger partial charge in [0.05, 0.1) is 24.4 Å². The largest absolute Gasteiger partial charge is 0.493 e. The molecule has 0 aliphatic rings. The highest BCUT2D eigenvalue weighted by atomic mass is 16.5. The number of oxazole rings is 1. The number of para-hydroxylation sites is 1. The minimum Gasteiger partial charge on any atom is -0.493 e. The normalized spacial score (nSPS) is 11.2. The number of aryl methyl sites for hydroxylation is 2. The summed E-state index contributed by atoms with van der Waals surface area (Å²) in [6, 6.07) is 15.6. The molecule has 9 heteroatoms. The van der Waals surface area contributed by atoms with Crippen molar-refractivity contribution < 1.29 is 13.7 Å². The molecule has 0 bridgehead atoms. The van der Waals surface area contributed by atoms with Crippen LogP contribution in [0.5, 0.6) is 5.75 Å². The highest BCUT2D eigenvalue weighted by Crippen LogP contribution is 2.30. The van der Waals surface area contributed by atoms with Crippen LogP contribution in [0, 0.1) is 20.8 Å². The van der Waals surface area contributed by atoms with Gasteiger partial charge >= 0.3 is 0 Å². The summed E-state index contributed by atoms with van der Waals surface area (Å²) in [5.41, 5.74) is 4.96. The molecule has 0 atom stereocenters. The first kappa shape index (κ1) is 21.6. The summed E-state index contributed by atoms with van der Waals surface area (Å²) in [6.07, 6.45) is 0. The van der Waals surface area contributed by atoms with Crippen LogP contribution in [0.2, 0.25) is 0 Å². The molecule has 0 saturated heterocycles. The van der Waals surface area contributed by atoms with Crippen molar-refractivity contribution in [3.8, 4) is 40.2 Å². The van der Waals surface area contributed by atoms with Gasteiger partial charge in [0.15, 0.2) is 5.69 Å². The molecule has 0 spiro atoms. The van der Waals surface area contributed by atoms with Gasteiger partial charge in [-0.2, -0.15) is 4.98 Å². The fraction of sp³-hybridized carbons (Fsp3) is 0.240. The Balaban J connectivity index is 1.40. The van der Waals surface area contributed by atoms with Crippen molar-refractivity contribution in [2.75, 3.05) is 6.61 Å². The molecule has 0 radical (unpaired) electrons. The topological polar surface area (TPSA) is 105 Å².